The minimum absolute atomic E-state index is 0.00897. The Morgan fingerprint density at radius 1 is 1.22 bits per heavy atom. The predicted octanol–water partition coefficient (Wildman–Crippen LogP) is 2.84. The standard InChI is InChI=1S/C20H18N4O3/c1-11-10-15(16-12(2)22-27-17(16)21-11)20(26)24-9-5-8-23-18(24)13-6-3-4-7-14(13)19(23)25/h3-4,6-7,10,18H,5,8-9H2,1-2H3/t18-/m1/s1. The molecule has 4 heterocycles. The second-order valence-corrected chi connectivity index (χ2v) is 7.07. The van der Waals surface area contributed by atoms with Crippen LogP contribution in [0, 0.1) is 13.8 Å². The van der Waals surface area contributed by atoms with Gasteiger partial charge in [-0.2, -0.15) is 0 Å². The van der Waals surface area contributed by atoms with E-state index in [0.717, 1.165) is 12.0 Å². The lowest BCUT2D eigenvalue weighted by molar-refractivity contribution is 0.0165. The smallest absolute Gasteiger partial charge is 0.258 e. The zero-order valence-corrected chi connectivity index (χ0v) is 15.1. The summed E-state index contributed by atoms with van der Waals surface area (Å²) in [6.07, 6.45) is 0.385. The van der Waals surface area contributed by atoms with Crippen molar-refractivity contribution in [2.45, 2.75) is 26.4 Å². The Balaban J connectivity index is 1.64. The van der Waals surface area contributed by atoms with Gasteiger partial charge < -0.3 is 14.3 Å². The van der Waals surface area contributed by atoms with Crippen molar-refractivity contribution in [3.63, 3.8) is 0 Å². The van der Waals surface area contributed by atoms with Crippen molar-refractivity contribution < 1.29 is 14.1 Å². The summed E-state index contributed by atoms with van der Waals surface area (Å²) in [5.74, 6) is -0.138. The lowest BCUT2D eigenvalue weighted by Crippen LogP contribution is -2.48. The van der Waals surface area contributed by atoms with Gasteiger partial charge in [0.1, 0.15) is 6.17 Å². The number of amides is 2. The maximum atomic E-state index is 13.6. The first-order valence-electron chi connectivity index (χ1n) is 9.01. The molecule has 0 N–H and O–H groups in total. The van der Waals surface area contributed by atoms with Gasteiger partial charge in [0.15, 0.2) is 0 Å². The lowest BCUT2D eigenvalue weighted by atomic mass is 10.0. The van der Waals surface area contributed by atoms with Crippen LogP contribution in [-0.4, -0.2) is 44.8 Å². The summed E-state index contributed by atoms with van der Waals surface area (Å²) in [7, 11) is 0. The highest BCUT2D eigenvalue weighted by Crippen LogP contribution is 2.39. The van der Waals surface area contributed by atoms with Gasteiger partial charge in [-0.25, -0.2) is 4.98 Å². The Bertz CT molecular complexity index is 1100. The van der Waals surface area contributed by atoms with E-state index in [0.29, 0.717) is 46.7 Å². The first-order valence-corrected chi connectivity index (χ1v) is 9.01. The van der Waals surface area contributed by atoms with Crippen LogP contribution in [0.2, 0.25) is 0 Å². The molecule has 2 aromatic heterocycles. The van der Waals surface area contributed by atoms with E-state index in [4.69, 9.17) is 4.52 Å². The summed E-state index contributed by atoms with van der Waals surface area (Å²) in [4.78, 5) is 34.2. The van der Waals surface area contributed by atoms with E-state index in [-0.39, 0.29) is 18.0 Å². The first-order chi connectivity index (χ1) is 13.1. The van der Waals surface area contributed by atoms with E-state index in [2.05, 4.69) is 10.1 Å². The molecule has 5 rings (SSSR count). The third kappa shape index (κ3) is 2.21. The normalized spacial score (nSPS) is 18.7. The summed E-state index contributed by atoms with van der Waals surface area (Å²) in [5.41, 5.74) is 3.79. The molecule has 1 saturated heterocycles. The maximum absolute atomic E-state index is 13.6. The molecule has 0 unspecified atom stereocenters. The molecule has 27 heavy (non-hydrogen) atoms. The van der Waals surface area contributed by atoms with Crippen molar-refractivity contribution in [3.05, 3.63) is 58.4 Å². The molecule has 0 saturated carbocycles. The summed E-state index contributed by atoms with van der Waals surface area (Å²) in [5, 5.41) is 4.61. The van der Waals surface area contributed by atoms with Crippen LogP contribution >= 0.6 is 0 Å². The van der Waals surface area contributed by atoms with E-state index in [9.17, 15) is 9.59 Å². The van der Waals surface area contributed by atoms with Crippen LogP contribution in [-0.2, 0) is 0 Å². The summed E-state index contributed by atoms with van der Waals surface area (Å²) in [6, 6.07) is 9.30. The van der Waals surface area contributed by atoms with E-state index in [1.807, 2.05) is 31.2 Å². The minimum atomic E-state index is -0.362. The van der Waals surface area contributed by atoms with Gasteiger partial charge in [-0.05, 0) is 32.4 Å². The van der Waals surface area contributed by atoms with Crippen LogP contribution in [0.1, 0.15) is 50.3 Å². The van der Waals surface area contributed by atoms with Crippen molar-refractivity contribution in [1.82, 2.24) is 19.9 Å². The number of fused-ring (bicyclic) bond motifs is 4. The van der Waals surface area contributed by atoms with Crippen molar-refractivity contribution >= 4 is 22.9 Å². The van der Waals surface area contributed by atoms with Crippen molar-refractivity contribution in [1.29, 1.82) is 0 Å². The third-order valence-electron chi connectivity index (χ3n) is 5.36. The molecule has 7 heteroatoms. The van der Waals surface area contributed by atoms with Gasteiger partial charge in [0.2, 0.25) is 0 Å². The molecule has 2 aliphatic heterocycles. The van der Waals surface area contributed by atoms with Crippen molar-refractivity contribution in [2.24, 2.45) is 0 Å². The highest BCUT2D eigenvalue weighted by Gasteiger charge is 2.44. The zero-order valence-electron chi connectivity index (χ0n) is 15.1. The van der Waals surface area contributed by atoms with Crippen LogP contribution in [0.4, 0.5) is 0 Å². The Labute approximate surface area is 155 Å². The Hall–Kier alpha value is -3.22. The fourth-order valence-corrected chi connectivity index (χ4v) is 4.20. The molecule has 3 aromatic rings. The quantitative estimate of drug-likeness (QED) is 0.665. The molecule has 1 aromatic carbocycles. The molecule has 136 valence electrons. The van der Waals surface area contributed by atoms with E-state index in [1.165, 1.54) is 0 Å². The van der Waals surface area contributed by atoms with Gasteiger partial charge in [-0.3, -0.25) is 9.59 Å². The Kier molecular flexibility index (Phi) is 3.34. The van der Waals surface area contributed by atoms with Crippen LogP contribution in [0.3, 0.4) is 0 Å². The number of hydrogen-bond acceptors (Lipinski definition) is 5. The minimum Gasteiger partial charge on any atom is -0.336 e. The number of aryl methyl sites for hydroxylation is 2. The predicted molar refractivity (Wildman–Crippen MR) is 97.2 cm³/mol. The van der Waals surface area contributed by atoms with Crippen LogP contribution in [0.5, 0.6) is 0 Å². The second kappa shape index (κ2) is 5.64. The number of hydrogen-bond donors (Lipinski definition) is 0. The number of nitrogens with zero attached hydrogens (tertiary/aromatic N) is 4. The number of benzene rings is 1. The molecule has 0 spiro atoms. The van der Waals surface area contributed by atoms with Crippen molar-refractivity contribution in [3.8, 4) is 0 Å². The summed E-state index contributed by atoms with van der Waals surface area (Å²) in [6.45, 7) is 4.87. The fourth-order valence-electron chi connectivity index (χ4n) is 4.20. The van der Waals surface area contributed by atoms with Gasteiger partial charge in [-0.1, -0.05) is 23.4 Å². The molecule has 2 amide bonds. The maximum Gasteiger partial charge on any atom is 0.258 e. The third-order valence-corrected chi connectivity index (χ3v) is 5.36. The van der Waals surface area contributed by atoms with Gasteiger partial charge >= 0.3 is 0 Å². The first kappa shape index (κ1) is 16.0. The van der Waals surface area contributed by atoms with Gasteiger partial charge in [0, 0.05) is 29.9 Å². The molecule has 2 aliphatic rings. The van der Waals surface area contributed by atoms with E-state index in [1.54, 1.807) is 22.8 Å². The average Bonchev–Trinajstić information content (AvgIpc) is 3.19. The molecule has 0 aliphatic carbocycles. The number of rotatable bonds is 1. The van der Waals surface area contributed by atoms with Gasteiger partial charge in [0.25, 0.3) is 17.5 Å². The second-order valence-electron chi connectivity index (χ2n) is 7.07. The molecule has 7 nitrogen and oxygen atoms in total. The molecule has 0 radical (unpaired) electrons. The number of carbonyl (C=O) groups excluding carboxylic acids is 2. The average molecular weight is 362 g/mol. The van der Waals surface area contributed by atoms with E-state index >= 15 is 0 Å². The van der Waals surface area contributed by atoms with E-state index < -0.39 is 0 Å². The number of carbonyl (C=O) groups is 2. The highest BCUT2D eigenvalue weighted by atomic mass is 16.5. The van der Waals surface area contributed by atoms with Crippen LogP contribution < -0.4 is 0 Å². The fraction of sp³-hybridized carbons (Fsp3) is 0.300. The summed E-state index contributed by atoms with van der Waals surface area (Å²) >= 11 is 0. The molecule has 1 fully saturated rings. The Morgan fingerprint density at radius 3 is 2.89 bits per heavy atom. The van der Waals surface area contributed by atoms with Crippen LogP contribution in [0.15, 0.2) is 34.9 Å². The largest absolute Gasteiger partial charge is 0.336 e. The van der Waals surface area contributed by atoms with Crippen LogP contribution in [0.25, 0.3) is 11.1 Å². The molecular formula is C20H18N4O3. The molecular weight excluding hydrogens is 344 g/mol. The van der Waals surface area contributed by atoms with Gasteiger partial charge in [-0.15, -0.1) is 0 Å². The Morgan fingerprint density at radius 2 is 2.04 bits per heavy atom. The topological polar surface area (TPSA) is 79.5 Å². The summed E-state index contributed by atoms with van der Waals surface area (Å²) < 4.78 is 5.27. The molecule has 1 atom stereocenters. The van der Waals surface area contributed by atoms with Crippen molar-refractivity contribution in [2.75, 3.05) is 13.1 Å². The number of aromatic nitrogens is 2. The monoisotopic (exact) mass is 362 g/mol. The zero-order chi connectivity index (χ0) is 18.7. The number of pyridine rings is 1. The van der Waals surface area contributed by atoms with Gasteiger partial charge in [0.05, 0.1) is 16.6 Å². The molecule has 0 bridgehead atoms. The SMILES string of the molecule is Cc1cc(C(=O)N2CCCN3C(=O)c4ccccc4[C@H]32)c2c(C)noc2n1. The highest BCUT2D eigenvalue weighted by molar-refractivity contribution is 6.07. The lowest BCUT2D eigenvalue weighted by Gasteiger charge is -2.40.